The van der Waals surface area contributed by atoms with Crippen molar-refractivity contribution >= 4 is 16.1 Å². The third-order valence-electron chi connectivity index (χ3n) is 3.72. The van der Waals surface area contributed by atoms with E-state index in [1.807, 2.05) is 43.3 Å². The van der Waals surface area contributed by atoms with Gasteiger partial charge in [-0.25, -0.2) is 0 Å². The Balaban J connectivity index is 0.000000264. The standard InChI is InChI=1S/C14H14O.C7H8O3S.C2H5NO2/c1-3-7-13(8-4-1)11-15-12-14-9-5-2-6-10-14;1-6-2-4-7(5-3-6)11(8,9)10;3-1-2(4)5/h1-10H,11-12H2;2-5H,1H3,(H,8,9,10);1,3H2,(H,4,5). The first-order valence-corrected chi connectivity index (χ1v) is 10.8. The molecule has 4 N–H and O–H groups in total. The minimum Gasteiger partial charge on any atom is -0.480 e. The molecule has 0 bridgehead atoms. The molecule has 0 aliphatic carbocycles. The monoisotopic (exact) mass is 445 g/mol. The fraction of sp³-hybridized carbons (Fsp3) is 0.174. The molecule has 0 amide bonds. The van der Waals surface area contributed by atoms with Crippen LogP contribution in [0.25, 0.3) is 0 Å². The van der Waals surface area contributed by atoms with Crippen molar-refractivity contribution in [1.82, 2.24) is 0 Å². The summed E-state index contributed by atoms with van der Waals surface area (Å²) >= 11 is 0. The molecule has 3 rings (SSSR count). The minimum absolute atomic E-state index is 0.0666. The van der Waals surface area contributed by atoms with Gasteiger partial charge in [-0.2, -0.15) is 8.42 Å². The molecule has 0 radical (unpaired) electrons. The molecule has 31 heavy (non-hydrogen) atoms. The highest BCUT2D eigenvalue weighted by Gasteiger charge is 2.06. The SMILES string of the molecule is Cc1ccc(S(=O)(=O)O)cc1.NCC(=O)O.c1ccc(COCc2ccccc2)cc1. The topological polar surface area (TPSA) is 127 Å². The van der Waals surface area contributed by atoms with Crippen molar-refractivity contribution in [2.24, 2.45) is 5.73 Å². The number of nitrogens with two attached hydrogens (primary N) is 1. The van der Waals surface area contributed by atoms with Crippen molar-refractivity contribution in [2.75, 3.05) is 6.54 Å². The molecule has 0 heterocycles. The van der Waals surface area contributed by atoms with Crippen molar-refractivity contribution in [3.63, 3.8) is 0 Å². The number of hydrogen-bond acceptors (Lipinski definition) is 5. The third-order valence-corrected chi connectivity index (χ3v) is 4.58. The maximum Gasteiger partial charge on any atom is 0.317 e. The summed E-state index contributed by atoms with van der Waals surface area (Å²) in [7, 11) is -4.02. The Labute approximate surface area is 182 Å². The van der Waals surface area contributed by atoms with Gasteiger partial charge in [0.2, 0.25) is 0 Å². The smallest absolute Gasteiger partial charge is 0.317 e. The molecular weight excluding hydrogens is 418 g/mol. The number of carboxylic acids is 1. The van der Waals surface area contributed by atoms with Crippen molar-refractivity contribution < 1.29 is 27.6 Å². The van der Waals surface area contributed by atoms with Gasteiger partial charge in [0.05, 0.1) is 24.7 Å². The summed E-state index contributed by atoms with van der Waals surface area (Å²) in [5.41, 5.74) is 7.96. The molecule has 0 aliphatic heterocycles. The van der Waals surface area contributed by atoms with Crippen LogP contribution in [0.4, 0.5) is 0 Å². The van der Waals surface area contributed by atoms with Crippen LogP contribution in [0, 0.1) is 6.92 Å². The highest BCUT2D eigenvalue weighted by Crippen LogP contribution is 2.08. The quantitative estimate of drug-likeness (QED) is 0.494. The fourth-order valence-corrected chi connectivity index (χ4v) is 2.63. The van der Waals surface area contributed by atoms with Gasteiger partial charge in [-0.15, -0.1) is 0 Å². The van der Waals surface area contributed by atoms with Crippen LogP contribution in [0.1, 0.15) is 16.7 Å². The van der Waals surface area contributed by atoms with Gasteiger partial charge in [-0.05, 0) is 30.2 Å². The van der Waals surface area contributed by atoms with E-state index < -0.39 is 16.1 Å². The van der Waals surface area contributed by atoms with Gasteiger partial charge in [0.15, 0.2) is 0 Å². The maximum atomic E-state index is 10.5. The van der Waals surface area contributed by atoms with E-state index in [0.29, 0.717) is 13.2 Å². The predicted octanol–water partition coefficient (Wildman–Crippen LogP) is 3.67. The molecule has 7 nitrogen and oxygen atoms in total. The third kappa shape index (κ3) is 12.3. The average Bonchev–Trinajstić information content (AvgIpc) is 2.76. The molecule has 8 heteroatoms. The summed E-state index contributed by atoms with van der Waals surface area (Å²) in [5, 5.41) is 7.60. The zero-order valence-electron chi connectivity index (χ0n) is 17.2. The molecule has 3 aromatic rings. The molecular formula is C23H27NO6S. The number of rotatable bonds is 6. The summed E-state index contributed by atoms with van der Waals surface area (Å²) < 4.78 is 35.2. The maximum absolute atomic E-state index is 10.5. The lowest BCUT2D eigenvalue weighted by atomic mass is 10.2. The zero-order valence-corrected chi connectivity index (χ0v) is 18.0. The number of carboxylic acid groups (broad SMARTS) is 1. The van der Waals surface area contributed by atoms with Crippen molar-refractivity contribution in [3.05, 3.63) is 102 Å². The Hall–Kier alpha value is -3.04. The fourth-order valence-electron chi connectivity index (χ4n) is 2.15. The van der Waals surface area contributed by atoms with Gasteiger partial charge in [-0.3, -0.25) is 9.35 Å². The first-order valence-electron chi connectivity index (χ1n) is 9.34. The first-order chi connectivity index (χ1) is 14.7. The van der Waals surface area contributed by atoms with Gasteiger partial charge < -0.3 is 15.6 Å². The number of aryl methyl sites for hydroxylation is 1. The molecule has 166 valence electrons. The van der Waals surface area contributed by atoms with E-state index in [0.717, 1.165) is 5.56 Å². The lowest BCUT2D eigenvalue weighted by molar-refractivity contribution is -0.135. The second-order valence-electron chi connectivity index (χ2n) is 6.35. The molecule has 3 aromatic carbocycles. The Bertz CT molecular complexity index is 952. The summed E-state index contributed by atoms with van der Waals surface area (Å²) in [6.07, 6.45) is 0. The average molecular weight is 446 g/mol. The molecule has 0 spiro atoms. The number of carbonyl (C=O) groups is 1. The van der Waals surface area contributed by atoms with Crippen LogP contribution in [0.5, 0.6) is 0 Å². The Morgan fingerprint density at radius 1 is 0.839 bits per heavy atom. The first kappa shape index (κ1) is 26.0. The van der Waals surface area contributed by atoms with Gasteiger partial charge in [0.25, 0.3) is 10.1 Å². The van der Waals surface area contributed by atoms with Gasteiger partial charge in [-0.1, -0.05) is 78.4 Å². The molecule has 0 fully saturated rings. The second kappa shape index (κ2) is 14.1. The number of benzene rings is 3. The lowest BCUT2D eigenvalue weighted by Crippen LogP contribution is -2.10. The minimum atomic E-state index is -4.02. The van der Waals surface area contributed by atoms with Crippen LogP contribution in [0.2, 0.25) is 0 Å². The molecule has 0 unspecified atom stereocenters. The second-order valence-corrected chi connectivity index (χ2v) is 7.77. The summed E-state index contributed by atoms with van der Waals surface area (Å²) in [6.45, 7) is 2.92. The zero-order chi connectivity index (χ0) is 23.1. The van der Waals surface area contributed by atoms with E-state index >= 15 is 0 Å². The number of hydrogen-bond donors (Lipinski definition) is 3. The van der Waals surface area contributed by atoms with Crippen molar-refractivity contribution in [3.8, 4) is 0 Å². The summed E-state index contributed by atoms with van der Waals surface area (Å²) in [4.78, 5) is 9.18. The normalized spacial score (nSPS) is 10.2. The van der Waals surface area contributed by atoms with E-state index in [1.54, 1.807) is 12.1 Å². The molecule has 0 saturated carbocycles. The van der Waals surface area contributed by atoms with Crippen LogP contribution in [0.3, 0.4) is 0 Å². The van der Waals surface area contributed by atoms with E-state index in [1.165, 1.54) is 23.3 Å². The van der Waals surface area contributed by atoms with Crippen molar-refractivity contribution in [2.45, 2.75) is 25.0 Å². The van der Waals surface area contributed by atoms with E-state index in [4.69, 9.17) is 14.4 Å². The number of aliphatic carboxylic acids is 1. The lowest BCUT2D eigenvalue weighted by Gasteiger charge is -2.03. The highest BCUT2D eigenvalue weighted by atomic mass is 32.2. The Kier molecular flexibility index (Phi) is 11.8. The van der Waals surface area contributed by atoms with Gasteiger partial charge in [0.1, 0.15) is 0 Å². The Morgan fingerprint density at radius 2 is 1.23 bits per heavy atom. The van der Waals surface area contributed by atoms with E-state index in [2.05, 4.69) is 30.0 Å². The molecule has 0 aliphatic rings. The molecule has 0 aromatic heterocycles. The van der Waals surface area contributed by atoms with Gasteiger partial charge >= 0.3 is 5.97 Å². The molecule has 0 saturated heterocycles. The Morgan fingerprint density at radius 3 is 1.55 bits per heavy atom. The highest BCUT2D eigenvalue weighted by molar-refractivity contribution is 7.85. The van der Waals surface area contributed by atoms with Gasteiger partial charge in [0, 0.05) is 0 Å². The van der Waals surface area contributed by atoms with Crippen LogP contribution >= 0.6 is 0 Å². The summed E-state index contributed by atoms with van der Waals surface area (Å²) in [5.74, 6) is -0.968. The van der Waals surface area contributed by atoms with E-state index in [-0.39, 0.29) is 11.4 Å². The van der Waals surface area contributed by atoms with E-state index in [9.17, 15) is 13.2 Å². The van der Waals surface area contributed by atoms with Crippen LogP contribution < -0.4 is 5.73 Å². The van der Waals surface area contributed by atoms with Crippen LogP contribution in [0.15, 0.2) is 89.8 Å². The van der Waals surface area contributed by atoms with Crippen LogP contribution in [-0.4, -0.2) is 30.6 Å². The van der Waals surface area contributed by atoms with Crippen LogP contribution in [-0.2, 0) is 32.9 Å². The van der Waals surface area contributed by atoms with Crippen molar-refractivity contribution in [1.29, 1.82) is 0 Å². The summed E-state index contributed by atoms with van der Waals surface area (Å²) in [6, 6.07) is 26.4. The number of ether oxygens (including phenoxy) is 1. The predicted molar refractivity (Wildman–Crippen MR) is 119 cm³/mol. The largest absolute Gasteiger partial charge is 0.480 e. The molecule has 0 atom stereocenters.